The Labute approximate surface area is 163 Å². The number of hydrogen-bond acceptors (Lipinski definition) is 6. The van der Waals surface area contributed by atoms with Crippen molar-refractivity contribution >= 4 is 18.1 Å². The van der Waals surface area contributed by atoms with E-state index in [9.17, 15) is 4.79 Å². The second-order valence-corrected chi connectivity index (χ2v) is 6.30. The molecule has 1 aromatic carbocycles. The molecule has 142 valence electrons. The minimum atomic E-state index is -0.192. The maximum absolute atomic E-state index is 12.6. The van der Waals surface area contributed by atoms with Crippen LogP contribution in [0.15, 0.2) is 47.5 Å². The third-order valence-corrected chi connectivity index (χ3v) is 4.51. The number of para-hydroxylation sites is 1. The molecule has 1 fully saturated rings. The highest BCUT2D eigenvalue weighted by atomic mass is 35.5. The molecule has 2 N–H and O–H groups in total. The van der Waals surface area contributed by atoms with Crippen LogP contribution in [0.25, 0.3) is 17.2 Å². The van der Waals surface area contributed by atoms with Crippen molar-refractivity contribution in [3.05, 3.63) is 53.1 Å². The molecule has 0 bridgehead atoms. The summed E-state index contributed by atoms with van der Waals surface area (Å²) < 4.78 is 1.38. The van der Waals surface area contributed by atoms with E-state index in [1.165, 1.54) is 23.9 Å². The van der Waals surface area contributed by atoms with E-state index in [1.807, 2.05) is 30.3 Å². The highest BCUT2D eigenvalue weighted by Gasteiger charge is 2.15. The Hall–Kier alpha value is -2.71. The second kappa shape index (κ2) is 8.79. The molecule has 3 aromatic rings. The fourth-order valence-electron chi connectivity index (χ4n) is 3.19. The van der Waals surface area contributed by atoms with Gasteiger partial charge < -0.3 is 10.2 Å². The van der Waals surface area contributed by atoms with Gasteiger partial charge in [-0.1, -0.05) is 18.2 Å². The molecule has 4 rings (SSSR count). The monoisotopic (exact) mass is 387 g/mol. The van der Waals surface area contributed by atoms with Gasteiger partial charge in [0.2, 0.25) is 0 Å². The van der Waals surface area contributed by atoms with E-state index in [4.69, 9.17) is 0 Å². The number of rotatable bonds is 6. The second-order valence-electron chi connectivity index (χ2n) is 6.30. The van der Waals surface area contributed by atoms with Crippen LogP contribution in [-0.2, 0) is 0 Å². The smallest absolute Gasteiger partial charge is 0.273 e. The number of anilines is 1. The molecule has 0 saturated carbocycles. The molecular weight excluding hydrogens is 366 g/mol. The lowest BCUT2D eigenvalue weighted by molar-refractivity contribution is 0.352. The number of nitrogens with one attached hydrogen (secondary N) is 2. The summed E-state index contributed by atoms with van der Waals surface area (Å²) in [5.74, 6) is 0.526. The zero-order valence-electron chi connectivity index (χ0n) is 14.8. The van der Waals surface area contributed by atoms with Crippen LogP contribution >= 0.6 is 12.4 Å². The molecule has 0 amide bonds. The van der Waals surface area contributed by atoms with Gasteiger partial charge in [-0.2, -0.15) is 14.9 Å². The van der Waals surface area contributed by atoms with Gasteiger partial charge in [0, 0.05) is 19.2 Å². The molecule has 8 nitrogen and oxygen atoms in total. The lowest BCUT2D eigenvalue weighted by atomic mass is 10.3. The quantitative estimate of drug-likeness (QED) is 0.671. The molecule has 1 aliphatic heterocycles. The van der Waals surface area contributed by atoms with Crippen LogP contribution in [0.2, 0.25) is 0 Å². The minimum Gasteiger partial charge on any atom is -0.382 e. The summed E-state index contributed by atoms with van der Waals surface area (Å²) in [7, 11) is 0. The molecule has 9 heteroatoms. The summed E-state index contributed by atoms with van der Waals surface area (Å²) in [6.45, 7) is 3.98. The average molecular weight is 388 g/mol. The molecule has 27 heavy (non-hydrogen) atoms. The first-order valence-corrected chi connectivity index (χ1v) is 8.83. The fraction of sp³-hybridized carbons (Fsp3) is 0.333. The van der Waals surface area contributed by atoms with Crippen LogP contribution in [0.5, 0.6) is 0 Å². The van der Waals surface area contributed by atoms with E-state index in [1.54, 1.807) is 6.07 Å². The van der Waals surface area contributed by atoms with Crippen LogP contribution in [-0.4, -0.2) is 56.0 Å². The molecule has 3 heterocycles. The third kappa shape index (κ3) is 4.35. The van der Waals surface area contributed by atoms with E-state index >= 15 is 0 Å². The highest BCUT2D eigenvalue weighted by Crippen LogP contribution is 2.21. The topological polar surface area (TPSA) is 91.7 Å². The van der Waals surface area contributed by atoms with Gasteiger partial charge in [-0.3, -0.25) is 9.89 Å². The van der Waals surface area contributed by atoms with E-state index in [2.05, 4.69) is 30.5 Å². The Bertz CT molecular complexity index is 905. The van der Waals surface area contributed by atoms with Gasteiger partial charge in [-0.25, -0.2) is 4.98 Å². The van der Waals surface area contributed by atoms with Crippen molar-refractivity contribution in [2.75, 3.05) is 31.5 Å². The van der Waals surface area contributed by atoms with E-state index < -0.39 is 0 Å². The van der Waals surface area contributed by atoms with E-state index in [-0.39, 0.29) is 18.0 Å². The number of hydrogen-bond donors (Lipinski definition) is 2. The Morgan fingerprint density at radius 3 is 2.63 bits per heavy atom. The largest absolute Gasteiger partial charge is 0.382 e. The molecule has 1 aliphatic rings. The van der Waals surface area contributed by atoms with E-state index in [0.717, 1.165) is 26.2 Å². The van der Waals surface area contributed by atoms with Crippen LogP contribution in [0.1, 0.15) is 12.8 Å². The number of H-pyrrole nitrogens is 1. The third-order valence-electron chi connectivity index (χ3n) is 4.51. The van der Waals surface area contributed by atoms with Gasteiger partial charge in [-0.15, -0.1) is 12.4 Å². The highest BCUT2D eigenvalue weighted by molar-refractivity contribution is 5.85. The Morgan fingerprint density at radius 2 is 1.93 bits per heavy atom. The van der Waals surface area contributed by atoms with Gasteiger partial charge >= 0.3 is 0 Å². The van der Waals surface area contributed by atoms with Gasteiger partial charge in [-0.05, 0) is 38.1 Å². The van der Waals surface area contributed by atoms with Crippen LogP contribution < -0.4 is 10.9 Å². The standard InChI is InChI=1S/C18H21N7O.ClH/c26-16-12-15(19-8-11-24-9-4-5-10-24)17(18-20-13-21-22-18)23-25(16)14-6-2-1-3-7-14;/h1-3,6-7,12-13,19H,4-5,8-11H2,(H,20,21,22);1H. The van der Waals surface area contributed by atoms with Crippen LogP contribution in [0.3, 0.4) is 0 Å². The van der Waals surface area contributed by atoms with Crippen LogP contribution in [0.4, 0.5) is 5.69 Å². The Balaban J connectivity index is 0.00000210. The van der Waals surface area contributed by atoms with E-state index in [0.29, 0.717) is 22.9 Å². The summed E-state index contributed by atoms with van der Waals surface area (Å²) in [5, 5.41) is 14.6. The predicted octanol–water partition coefficient (Wildman–Crippen LogP) is 1.95. The maximum atomic E-state index is 12.6. The first-order valence-electron chi connectivity index (χ1n) is 8.83. The van der Waals surface area contributed by atoms with Crippen molar-refractivity contribution in [2.24, 2.45) is 0 Å². The minimum absolute atomic E-state index is 0. The van der Waals surface area contributed by atoms with Crippen molar-refractivity contribution < 1.29 is 0 Å². The van der Waals surface area contributed by atoms with Gasteiger partial charge in [0.05, 0.1) is 11.4 Å². The van der Waals surface area contributed by atoms with Crippen molar-refractivity contribution in [2.45, 2.75) is 12.8 Å². The average Bonchev–Trinajstić information content (AvgIpc) is 3.37. The number of benzene rings is 1. The zero-order valence-corrected chi connectivity index (χ0v) is 15.7. The first-order chi connectivity index (χ1) is 12.8. The predicted molar refractivity (Wildman–Crippen MR) is 107 cm³/mol. The summed E-state index contributed by atoms with van der Waals surface area (Å²) >= 11 is 0. The molecule has 1 saturated heterocycles. The van der Waals surface area contributed by atoms with Crippen molar-refractivity contribution in [3.63, 3.8) is 0 Å². The molecule has 0 aliphatic carbocycles. The summed E-state index contributed by atoms with van der Waals surface area (Å²) in [6, 6.07) is 10.9. The van der Waals surface area contributed by atoms with Gasteiger partial charge in [0.15, 0.2) is 11.5 Å². The van der Waals surface area contributed by atoms with Crippen molar-refractivity contribution in [1.29, 1.82) is 0 Å². The van der Waals surface area contributed by atoms with Crippen molar-refractivity contribution in [3.8, 4) is 17.2 Å². The lowest BCUT2D eigenvalue weighted by Crippen LogP contribution is -2.27. The molecule has 2 aromatic heterocycles. The molecular formula is C18H22ClN7O. The molecule has 0 radical (unpaired) electrons. The normalized spacial score (nSPS) is 14.1. The zero-order chi connectivity index (χ0) is 17.8. The number of likely N-dealkylation sites (tertiary alicyclic amines) is 1. The Morgan fingerprint density at radius 1 is 1.15 bits per heavy atom. The number of nitrogens with zero attached hydrogens (tertiary/aromatic N) is 5. The molecule has 0 unspecified atom stereocenters. The van der Waals surface area contributed by atoms with Gasteiger partial charge in [0.25, 0.3) is 5.56 Å². The van der Waals surface area contributed by atoms with Crippen molar-refractivity contribution in [1.82, 2.24) is 29.9 Å². The fourth-order valence-corrected chi connectivity index (χ4v) is 3.19. The summed E-state index contributed by atoms with van der Waals surface area (Å²) in [6.07, 6.45) is 3.96. The molecule has 0 spiro atoms. The number of aromatic amines is 1. The Kier molecular flexibility index (Phi) is 6.20. The lowest BCUT2D eigenvalue weighted by Gasteiger charge is -2.16. The number of halogens is 1. The maximum Gasteiger partial charge on any atom is 0.273 e. The summed E-state index contributed by atoms with van der Waals surface area (Å²) in [4.78, 5) is 19.2. The summed E-state index contributed by atoms with van der Waals surface area (Å²) in [5.41, 5.74) is 1.76. The first kappa shape index (κ1) is 19.1. The SMILES string of the molecule is Cl.O=c1cc(NCCN2CCCC2)c(-c2ncn[nH]2)nn1-c1ccccc1. The number of aromatic nitrogens is 5. The van der Waals surface area contributed by atoms with Gasteiger partial charge in [0.1, 0.15) is 6.33 Å². The molecule has 0 atom stereocenters. The van der Waals surface area contributed by atoms with Crippen LogP contribution in [0, 0.1) is 0 Å².